The molecule has 0 aliphatic rings. The van der Waals surface area contributed by atoms with Crippen molar-refractivity contribution < 1.29 is 0 Å². The number of aromatic amines is 1. The molecule has 2 nitrogen and oxygen atoms in total. The molecule has 17 heavy (non-hydrogen) atoms. The molecule has 0 spiro atoms. The molecule has 0 saturated carbocycles. The highest BCUT2D eigenvalue weighted by atomic mass is 32.1. The first-order valence-corrected chi connectivity index (χ1v) is 6.76. The molecule has 0 radical (unpaired) electrons. The molecule has 3 heteroatoms. The second-order valence-electron chi connectivity index (χ2n) is 4.69. The van der Waals surface area contributed by atoms with E-state index in [1.165, 1.54) is 29.4 Å². The summed E-state index contributed by atoms with van der Waals surface area (Å²) in [5.41, 5.74) is 3.68. The number of rotatable bonds is 4. The number of aromatic nitrogens is 2. The molecule has 0 bridgehead atoms. The molecule has 1 N–H and O–H groups in total. The smallest absolute Gasteiger partial charge is 0.178 e. The zero-order chi connectivity index (χ0) is 12.4. The first-order chi connectivity index (χ1) is 8.17. The number of aryl methyl sites for hydroxylation is 1. The van der Waals surface area contributed by atoms with Gasteiger partial charge in [-0.2, -0.15) is 0 Å². The number of nitrogens with zero attached hydrogens (tertiary/aromatic N) is 1. The van der Waals surface area contributed by atoms with Crippen molar-refractivity contribution in [2.75, 3.05) is 0 Å². The molecule has 1 heterocycles. The largest absolute Gasteiger partial charge is 0.330 e. The minimum absolute atomic E-state index is 0.709. The van der Waals surface area contributed by atoms with Crippen LogP contribution in [0.2, 0.25) is 0 Å². The molecule has 0 aliphatic carbocycles. The van der Waals surface area contributed by atoms with Crippen LogP contribution in [0.5, 0.6) is 0 Å². The summed E-state index contributed by atoms with van der Waals surface area (Å²) >= 11 is 5.43. The number of fused-ring (bicyclic) bond motifs is 1. The molecule has 0 aliphatic heterocycles. The van der Waals surface area contributed by atoms with Gasteiger partial charge in [0.05, 0.1) is 11.0 Å². The molecule has 0 atom stereocenters. The summed E-state index contributed by atoms with van der Waals surface area (Å²) in [6.07, 6.45) is 2.41. The predicted octanol–water partition coefficient (Wildman–Crippen LogP) is 4.44. The van der Waals surface area contributed by atoms with Crippen LogP contribution in [-0.4, -0.2) is 9.55 Å². The fourth-order valence-electron chi connectivity index (χ4n) is 2.31. The zero-order valence-electron chi connectivity index (χ0n) is 10.8. The van der Waals surface area contributed by atoms with Crippen LogP contribution in [-0.2, 0) is 6.54 Å². The molecule has 2 rings (SSSR count). The van der Waals surface area contributed by atoms with Crippen LogP contribution in [0.25, 0.3) is 11.0 Å². The van der Waals surface area contributed by atoms with Gasteiger partial charge in [0, 0.05) is 6.54 Å². The Morgan fingerprint density at radius 2 is 2.00 bits per heavy atom. The number of hydrogen-bond donors (Lipinski definition) is 1. The van der Waals surface area contributed by atoms with Crippen LogP contribution in [0.1, 0.15) is 32.3 Å². The van der Waals surface area contributed by atoms with Gasteiger partial charge < -0.3 is 9.55 Å². The molecule has 92 valence electrons. The normalized spacial score (nSPS) is 11.5. The minimum Gasteiger partial charge on any atom is -0.330 e. The van der Waals surface area contributed by atoms with Crippen molar-refractivity contribution in [2.24, 2.45) is 5.92 Å². The van der Waals surface area contributed by atoms with Crippen molar-refractivity contribution in [1.82, 2.24) is 9.55 Å². The average Bonchev–Trinajstić information content (AvgIpc) is 2.64. The van der Waals surface area contributed by atoms with E-state index in [2.05, 4.69) is 48.5 Å². The maximum absolute atomic E-state index is 5.43. The van der Waals surface area contributed by atoms with Crippen LogP contribution in [0, 0.1) is 17.6 Å². The van der Waals surface area contributed by atoms with E-state index in [1.807, 2.05) is 0 Å². The van der Waals surface area contributed by atoms with Crippen molar-refractivity contribution in [2.45, 2.75) is 40.2 Å². The van der Waals surface area contributed by atoms with Crippen LogP contribution < -0.4 is 0 Å². The summed E-state index contributed by atoms with van der Waals surface area (Å²) < 4.78 is 3.09. The lowest BCUT2D eigenvalue weighted by molar-refractivity contribution is 0.422. The van der Waals surface area contributed by atoms with E-state index in [0.29, 0.717) is 5.92 Å². The van der Waals surface area contributed by atoms with Crippen LogP contribution >= 0.6 is 12.2 Å². The van der Waals surface area contributed by atoms with Crippen molar-refractivity contribution in [3.8, 4) is 0 Å². The van der Waals surface area contributed by atoms with Gasteiger partial charge in [-0.15, -0.1) is 0 Å². The number of imidazole rings is 1. The quantitative estimate of drug-likeness (QED) is 0.793. The fraction of sp³-hybridized carbons (Fsp3) is 0.500. The Morgan fingerprint density at radius 3 is 2.65 bits per heavy atom. The number of para-hydroxylation sites is 1. The summed E-state index contributed by atoms with van der Waals surface area (Å²) in [5, 5.41) is 0. The number of nitrogens with one attached hydrogen (secondary N) is 1. The van der Waals surface area contributed by atoms with Crippen LogP contribution in [0.4, 0.5) is 0 Å². The highest BCUT2D eigenvalue weighted by molar-refractivity contribution is 7.71. The van der Waals surface area contributed by atoms with Crippen LogP contribution in [0.15, 0.2) is 18.2 Å². The number of H-pyrrole nitrogens is 1. The van der Waals surface area contributed by atoms with E-state index in [-0.39, 0.29) is 0 Å². The number of hydrogen-bond acceptors (Lipinski definition) is 1. The SMILES string of the molecule is CCC(CC)Cn1c(=S)[nH]c2c(C)cccc21. The van der Waals surface area contributed by atoms with E-state index in [4.69, 9.17) is 12.2 Å². The molecule has 1 aromatic heterocycles. The molecule has 0 saturated heterocycles. The van der Waals surface area contributed by atoms with E-state index < -0.39 is 0 Å². The van der Waals surface area contributed by atoms with Gasteiger partial charge in [-0.1, -0.05) is 38.8 Å². The average molecular weight is 248 g/mol. The lowest BCUT2D eigenvalue weighted by Crippen LogP contribution is -2.09. The standard InChI is InChI=1S/C14H20N2S/c1-4-11(5-2)9-16-12-8-6-7-10(3)13(12)15-14(16)17/h6-8,11H,4-5,9H2,1-3H3,(H,15,17). The zero-order valence-corrected chi connectivity index (χ0v) is 11.6. The molecule has 0 unspecified atom stereocenters. The first-order valence-electron chi connectivity index (χ1n) is 6.35. The van der Waals surface area contributed by atoms with E-state index >= 15 is 0 Å². The molecule has 1 aromatic carbocycles. The Labute approximate surface area is 108 Å². The second kappa shape index (κ2) is 5.05. The Bertz CT molecular complexity index is 561. The molecule has 0 fully saturated rings. The first kappa shape index (κ1) is 12.4. The molecular weight excluding hydrogens is 228 g/mol. The van der Waals surface area contributed by atoms with E-state index in [9.17, 15) is 0 Å². The Hall–Kier alpha value is -1.09. The minimum atomic E-state index is 0.709. The summed E-state index contributed by atoms with van der Waals surface area (Å²) in [7, 11) is 0. The molecule has 2 aromatic rings. The highest BCUT2D eigenvalue weighted by Crippen LogP contribution is 2.20. The van der Waals surface area contributed by atoms with Crippen LogP contribution in [0.3, 0.4) is 0 Å². The molecular formula is C14H20N2S. The Morgan fingerprint density at radius 1 is 1.29 bits per heavy atom. The predicted molar refractivity (Wildman–Crippen MR) is 75.9 cm³/mol. The maximum atomic E-state index is 5.43. The second-order valence-corrected chi connectivity index (χ2v) is 5.08. The van der Waals surface area contributed by atoms with Gasteiger partial charge in [-0.3, -0.25) is 0 Å². The topological polar surface area (TPSA) is 20.7 Å². The van der Waals surface area contributed by atoms with Gasteiger partial charge in [0.2, 0.25) is 0 Å². The summed E-state index contributed by atoms with van der Waals surface area (Å²) in [6.45, 7) is 7.64. The van der Waals surface area contributed by atoms with E-state index in [1.54, 1.807) is 0 Å². The van der Waals surface area contributed by atoms with Crippen molar-refractivity contribution in [3.05, 3.63) is 28.5 Å². The lowest BCUT2D eigenvalue weighted by Gasteiger charge is -2.13. The number of benzene rings is 1. The van der Waals surface area contributed by atoms with Gasteiger partial charge in [0.25, 0.3) is 0 Å². The Kier molecular flexibility index (Phi) is 3.67. The summed E-state index contributed by atoms with van der Waals surface area (Å²) in [4.78, 5) is 3.33. The van der Waals surface area contributed by atoms with Gasteiger partial charge in [-0.25, -0.2) is 0 Å². The maximum Gasteiger partial charge on any atom is 0.178 e. The van der Waals surface area contributed by atoms with E-state index in [0.717, 1.165) is 11.3 Å². The highest BCUT2D eigenvalue weighted by Gasteiger charge is 2.10. The summed E-state index contributed by atoms with van der Waals surface area (Å²) in [5.74, 6) is 0.709. The monoisotopic (exact) mass is 248 g/mol. The third-order valence-electron chi connectivity index (χ3n) is 3.61. The van der Waals surface area contributed by atoms with Gasteiger partial charge >= 0.3 is 0 Å². The summed E-state index contributed by atoms with van der Waals surface area (Å²) in [6, 6.07) is 6.37. The van der Waals surface area contributed by atoms with Crippen molar-refractivity contribution >= 4 is 23.3 Å². The van der Waals surface area contributed by atoms with Gasteiger partial charge in [0.15, 0.2) is 4.77 Å². The van der Waals surface area contributed by atoms with Crippen molar-refractivity contribution in [3.63, 3.8) is 0 Å². The Balaban J connectivity index is 2.50. The molecule has 0 amide bonds. The fourth-order valence-corrected chi connectivity index (χ4v) is 2.58. The lowest BCUT2D eigenvalue weighted by atomic mass is 10.0. The van der Waals surface area contributed by atoms with Gasteiger partial charge in [0.1, 0.15) is 0 Å². The van der Waals surface area contributed by atoms with Gasteiger partial charge in [-0.05, 0) is 36.7 Å². The third kappa shape index (κ3) is 2.29. The van der Waals surface area contributed by atoms with Crippen molar-refractivity contribution in [1.29, 1.82) is 0 Å². The third-order valence-corrected chi connectivity index (χ3v) is 3.94.